The molecule has 576 valence electrons. The molecular formula is C81H140O17P2. The monoisotopic (exact) mass is 1450 g/mol. The molecule has 19 heteroatoms. The van der Waals surface area contributed by atoms with Gasteiger partial charge in [-0.15, -0.1) is 0 Å². The zero-order valence-electron chi connectivity index (χ0n) is 62.8. The van der Waals surface area contributed by atoms with Crippen LogP contribution in [0, 0.1) is 0 Å². The molecule has 0 amide bonds. The van der Waals surface area contributed by atoms with Crippen molar-refractivity contribution in [3.63, 3.8) is 0 Å². The summed E-state index contributed by atoms with van der Waals surface area (Å²) in [5.41, 5.74) is 0. The second-order valence-electron chi connectivity index (χ2n) is 25.9. The normalized spacial score (nSPS) is 14.5. The second kappa shape index (κ2) is 73.0. The molecule has 0 fully saturated rings. The summed E-state index contributed by atoms with van der Waals surface area (Å²) >= 11 is 0. The summed E-state index contributed by atoms with van der Waals surface area (Å²) in [4.78, 5) is 72.9. The Morgan fingerprint density at radius 2 is 0.520 bits per heavy atom. The lowest BCUT2D eigenvalue weighted by atomic mass is 10.1. The van der Waals surface area contributed by atoms with E-state index in [-0.39, 0.29) is 25.7 Å². The van der Waals surface area contributed by atoms with Crippen LogP contribution in [0.15, 0.2) is 109 Å². The lowest BCUT2D eigenvalue weighted by Gasteiger charge is -2.21. The Balaban J connectivity index is 5.37. The fraction of sp³-hybridized carbons (Fsp3) is 0.728. The average molecular weight is 1450 g/mol. The molecule has 0 saturated carbocycles. The fourth-order valence-corrected chi connectivity index (χ4v) is 11.9. The first-order valence-corrected chi connectivity index (χ1v) is 42.1. The molecule has 0 aromatic rings. The number of aliphatic hydroxyl groups excluding tert-OH is 1. The maximum atomic E-state index is 13.1. The van der Waals surface area contributed by atoms with Crippen molar-refractivity contribution in [2.45, 2.75) is 341 Å². The molecule has 0 aliphatic carbocycles. The van der Waals surface area contributed by atoms with Crippen LogP contribution in [0.2, 0.25) is 0 Å². The zero-order chi connectivity index (χ0) is 73.2. The van der Waals surface area contributed by atoms with Gasteiger partial charge in [0.2, 0.25) is 0 Å². The van der Waals surface area contributed by atoms with Crippen LogP contribution < -0.4 is 0 Å². The minimum Gasteiger partial charge on any atom is -0.462 e. The summed E-state index contributed by atoms with van der Waals surface area (Å²) in [5, 5.41) is 10.6. The lowest BCUT2D eigenvalue weighted by Crippen LogP contribution is -2.30. The van der Waals surface area contributed by atoms with Crippen molar-refractivity contribution < 1.29 is 80.2 Å². The molecule has 5 unspecified atom stereocenters. The Morgan fingerprint density at radius 1 is 0.290 bits per heavy atom. The molecule has 0 aliphatic heterocycles. The van der Waals surface area contributed by atoms with Gasteiger partial charge in [-0.05, 0) is 148 Å². The molecule has 0 aromatic heterocycles. The van der Waals surface area contributed by atoms with Crippen LogP contribution in [0.3, 0.4) is 0 Å². The van der Waals surface area contributed by atoms with Crippen LogP contribution in [0.4, 0.5) is 0 Å². The highest BCUT2D eigenvalue weighted by atomic mass is 31.2. The van der Waals surface area contributed by atoms with Crippen LogP contribution in [0.25, 0.3) is 0 Å². The molecule has 0 radical (unpaired) electrons. The second-order valence-corrected chi connectivity index (χ2v) is 28.8. The number of hydrogen-bond acceptors (Lipinski definition) is 15. The lowest BCUT2D eigenvalue weighted by molar-refractivity contribution is -0.161. The molecule has 0 aromatic carbocycles. The summed E-state index contributed by atoms with van der Waals surface area (Å²) in [6.45, 7) is 4.58. The topological polar surface area (TPSA) is 237 Å². The molecule has 100 heavy (non-hydrogen) atoms. The predicted octanol–water partition coefficient (Wildman–Crippen LogP) is 22.6. The number of carbonyl (C=O) groups excluding carboxylic acids is 4. The molecule has 0 heterocycles. The van der Waals surface area contributed by atoms with E-state index in [0.717, 1.165) is 199 Å². The van der Waals surface area contributed by atoms with E-state index in [9.17, 15) is 43.2 Å². The van der Waals surface area contributed by atoms with Gasteiger partial charge in [0.1, 0.15) is 19.3 Å². The third kappa shape index (κ3) is 72.1. The van der Waals surface area contributed by atoms with Crippen LogP contribution in [0.5, 0.6) is 0 Å². The number of unbranched alkanes of at least 4 members (excludes halogenated alkanes) is 29. The molecule has 0 saturated heterocycles. The van der Waals surface area contributed by atoms with Gasteiger partial charge in [-0.1, -0.05) is 259 Å². The summed E-state index contributed by atoms with van der Waals surface area (Å²) < 4.78 is 68.5. The van der Waals surface area contributed by atoms with Crippen molar-refractivity contribution in [3.8, 4) is 0 Å². The van der Waals surface area contributed by atoms with Crippen molar-refractivity contribution in [1.82, 2.24) is 0 Å². The number of allylic oxidation sites excluding steroid dienone is 18. The molecule has 17 nitrogen and oxygen atoms in total. The van der Waals surface area contributed by atoms with Gasteiger partial charge in [0, 0.05) is 25.7 Å². The smallest absolute Gasteiger partial charge is 0.462 e. The van der Waals surface area contributed by atoms with Crippen LogP contribution in [-0.4, -0.2) is 96.7 Å². The highest BCUT2D eigenvalue weighted by Crippen LogP contribution is 2.45. The van der Waals surface area contributed by atoms with Gasteiger partial charge < -0.3 is 33.8 Å². The SMILES string of the molecule is CC/C=C\C/C=C\C/C=C\CCCCCCCCCC(=O)OCC(COP(=O)(O)OCC(O)COP(=O)(O)OCC(COC(=O)CCCCCCC/C=C\C/C=C\CCCCC)OC(=O)CCCCCCC/C=C\CCCCCC)OC(=O)CCCCCCC/C=C\C/C=C\C/C=C\CC. The van der Waals surface area contributed by atoms with Gasteiger partial charge in [-0.2, -0.15) is 0 Å². The standard InChI is InChI=1S/C81H140O17P2/c1-5-9-13-17-21-25-29-33-36-37-40-43-46-50-54-58-62-66-79(84)92-72-77(98-81(86)68-64-60-56-52-48-44-39-35-31-27-23-19-15-11-7-3)74-96-100(89,90)94-70-75(82)69-93-99(87,88)95-73-76(97-80(85)67-63-59-55-51-47-41-32-28-24-20-16-12-8-4)71-91-78(83)65-61-57-53-49-45-42-38-34-30-26-22-18-14-10-6-2/h9,11,13,15,21-23,25-28,32-36,38-39,75-77,82H,5-8,10,12,14,16-20,24,29-31,37,40-74H2,1-4H3,(H,87,88)(H,89,90)/b13-9-,15-11-,25-21-,26-22-,27-23-,32-28-,36-33-,38-34-,39-35-. The Labute approximate surface area is 607 Å². The van der Waals surface area contributed by atoms with Gasteiger partial charge in [0.25, 0.3) is 0 Å². The van der Waals surface area contributed by atoms with E-state index in [1.165, 1.54) is 44.9 Å². The third-order valence-corrected chi connectivity index (χ3v) is 18.1. The molecular weight excluding hydrogens is 1310 g/mol. The third-order valence-electron chi connectivity index (χ3n) is 16.2. The fourth-order valence-electron chi connectivity index (χ4n) is 10.3. The number of hydrogen-bond donors (Lipinski definition) is 3. The van der Waals surface area contributed by atoms with Crippen molar-refractivity contribution in [2.24, 2.45) is 0 Å². The van der Waals surface area contributed by atoms with Gasteiger partial charge in [0.05, 0.1) is 26.4 Å². The van der Waals surface area contributed by atoms with E-state index < -0.39 is 97.5 Å². The number of aliphatic hydroxyl groups is 1. The van der Waals surface area contributed by atoms with E-state index >= 15 is 0 Å². The van der Waals surface area contributed by atoms with Crippen LogP contribution >= 0.6 is 15.6 Å². The summed E-state index contributed by atoms with van der Waals surface area (Å²) in [6, 6.07) is 0. The van der Waals surface area contributed by atoms with E-state index in [4.69, 9.17) is 37.0 Å². The van der Waals surface area contributed by atoms with E-state index in [0.29, 0.717) is 25.7 Å². The Kier molecular flexibility index (Phi) is 69.9. The minimum absolute atomic E-state index is 0.0717. The number of esters is 4. The quantitative estimate of drug-likeness (QED) is 0.0169. The minimum atomic E-state index is -4.98. The summed E-state index contributed by atoms with van der Waals surface area (Å²) in [6.07, 6.45) is 77.8. The molecule has 0 spiro atoms. The van der Waals surface area contributed by atoms with E-state index in [1.807, 2.05) is 0 Å². The average Bonchev–Trinajstić information content (AvgIpc) is 1.06. The highest BCUT2D eigenvalue weighted by molar-refractivity contribution is 7.47. The molecule has 0 bridgehead atoms. The number of phosphoric ester groups is 2. The predicted molar refractivity (Wildman–Crippen MR) is 408 cm³/mol. The van der Waals surface area contributed by atoms with E-state index in [1.54, 1.807) is 0 Å². The first-order chi connectivity index (χ1) is 48.7. The van der Waals surface area contributed by atoms with Crippen molar-refractivity contribution in [2.75, 3.05) is 39.6 Å². The van der Waals surface area contributed by atoms with Gasteiger partial charge >= 0.3 is 39.5 Å². The Bertz CT molecular complexity index is 2320. The van der Waals surface area contributed by atoms with Gasteiger partial charge in [-0.3, -0.25) is 37.3 Å². The first-order valence-electron chi connectivity index (χ1n) is 39.1. The maximum Gasteiger partial charge on any atom is 0.472 e. The summed E-state index contributed by atoms with van der Waals surface area (Å²) in [5.74, 6) is -2.22. The van der Waals surface area contributed by atoms with Gasteiger partial charge in [0.15, 0.2) is 12.2 Å². The number of ether oxygens (including phenoxy) is 4. The largest absolute Gasteiger partial charge is 0.472 e. The molecule has 3 N–H and O–H groups in total. The van der Waals surface area contributed by atoms with Crippen LogP contribution in [-0.2, 0) is 65.4 Å². The maximum absolute atomic E-state index is 13.1. The van der Waals surface area contributed by atoms with Gasteiger partial charge in [-0.25, -0.2) is 9.13 Å². The molecule has 0 aliphatic rings. The highest BCUT2D eigenvalue weighted by Gasteiger charge is 2.30. The van der Waals surface area contributed by atoms with E-state index in [2.05, 4.69) is 137 Å². The Hall–Kier alpha value is -4.28. The number of rotatable bonds is 73. The zero-order valence-corrected chi connectivity index (χ0v) is 64.6. The number of carbonyl (C=O) groups is 4. The van der Waals surface area contributed by atoms with Crippen molar-refractivity contribution >= 4 is 39.5 Å². The number of phosphoric acid groups is 2. The summed E-state index contributed by atoms with van der Waals surface area (Å²) in [7, 11) is -9.96. The van der Waals surface area contributed by atoms with Crippen LogP contribution in [0.1, 0.15) is 323 Å². The van der Waals surface area contributed by atoms with Crippen molar-refractivity contribution in [1.29, 1.82) is 0 Å². The van der Waals surface area contributed by atoms with Crippen molar-refractivity contribution in [3.05, 3.63) is 109 Å². The molecule has 0 rings (SSSR count). The Morgan fingerprint density at radius 3 is 0.830 bits per heavy atom. The first kappa shape index (κ1) is 95.7. The molecule has 5 atom stereocenters.